The average molecular weight is 262 g/mol. The Morgan fingerprint density at radius 3 is 2.84 bits per heavy atom. The molecule has 5 nitrogen and oxygen atoms in total. The van der Waals surface area contributed by atoms with Gasteiger partial charge in [-0.2, -0.15) is 0 Å². The van der Waals surface area contributed by atoms with E-state index in [4.69, 9.17) is 5.73 Å². The second kappa shape index (κ2) is 7.41. The van der Waals surface area contributed by atoms with E-state index in [1.165, 1.54) is 0 Å². The highest BCUT2D eigenvalue weighted by Crippen LogP contribution is 2.12. The zero-order valence-electron chi connectivity index (χ0n) is 11.7. The van der Waals surface area contributed by atoms with Gasteiger partial charge in [0, 0.05) is 25.2 Å². The number of nitrogens with two attached hydrogens (primary N) is 1. The number of nitrogens with one attached hydrogen (secondary N) is 2. The number of guanidine groups is 1. The van der Waals surface area contributed by atoms with Crippen molar-refractivity contribution < 1.29 is 4.79 Å². The number of benzene rings is 1. The van der Waals surface area contributed by atoms with Gasteiger partial charge in [-0.25, -0.2) is 0 Å². The Morgan fingerprint density at radius 2 is 2.21 bits per heavy atom. The summed E-state index contributed by atoms with van der Waals surface area (Å²) in [5.41, 5.74) is 7.40. The van der Waals surface area contributed by atoms with Gasteiger partial charge in [0.2, 0.25) is 5.91 Å². The van der Waals surface area contributed by atoms with Crippen molar-refractivity contribution in [2.45, 2.75) is 26.8 Å². The summed E-state index contributed by atoms with van der Waals surface area (Å²) in [6.07, 6.45) is 0.830. The first-order valence-corrected chi connectivity index (χ1v) is 6.42. The number of hydrogen-bond donors (Lipinski definition) is 3. The van der Waals surface area contributed by atoms with Crippen LogP contribution in [0, 0.1) is 5.92 Å². The van der Waals surface area contributed by atoms with Crippen molar-refractivity contribution in [2.75, 3.05) is 12.4 Å². The van der Waals surface area contributed by atoms with Gasteiger partial charge in [-0.05, 0) is 24.1 Å². The van der Waals surface area contributed by atoms with Gasteiger partial charge in [0.15, 0.2) is 5.96 Å². The molecule has 104 valence electrons. The number of carbonyl (C=O) groups is 1. The van der Waals surface area contributed by atoms with E-state index in [1.807, 2.05) is 38.1 Å². The predicted molar refractivity (Wildman–Crippen MR) is 78.9 cm³/mol. The van der Waals surface area contributed by atoms with Crippen LogP contribution in [0.4, 0.5) is 5.69 Å². The molecule has 0 aliphatic heterocycles. The third-order valence-corrected chi connectivity index (χ3v) is 2.97. The summed E-state index contributed by atoms with van der Waals surface area (Å²) in [6, 6.07) is 7.68. The Kier molecular flexibility index (Phi) is 5.85. The van der Waals surface area contributed by atoms with Crippen molar-refractivity contribution >= 4 is 17.6 Å². The number of rotatable bonds is 5. The van der Waals surface area contributed by atoms with Gasteiger partial charge >= 0.3 is 0 Å². The lowest BCUT2D eigenvalue weighted by atomic mass is 10.1. The van der Waals surface area contributed by atoms with Crippen LogP contribution in [-0.2, 0) is 11.3 Å². The fourth-order valence-corrected chi connectivity index (χ4v) is 1.48. The minimum absolute atomic E-state index is 0.0182. The van der Waals surface area contributed by atoms with Crippen LogP contribution in [0.3, 0.4) is 0 Å². The number of carbonyl (C=O) groups excluding carboxylic acids is 1. The molecule has 5 heteroatoms. The lowest BCUT2D eigenvalue weighted by molar-refractivity contribution is -0.119. The van der Waals surface area contributed by atoms with E-state index in [-0.39, 0.29) is 11.8 Å². The highest BCUT2D eigenvalue weighted by atomic mass is 16.1. The first-order chi connectivity index (χ1) is 9.06. The second-order valence-corrected chi connectivity index (χ2v) is 4.46. The van der Waals surface area contributed by atoms with Crippen molar-refractivity contribution in [1.29, 1.82) is 0 Å². The van der Waals surface area contributed by atoms with E-state index >= 15 is 0 Å². The molecule has 1 aromatic carbocycles. The smallest absolute Gasteiger partial charge is 0.227 e. The van der Waals surface area contributed by atoms with E-state index in [2.05, 4.69) is 15.6 Å². The number of hydrogen-bond acceptors (Lipinski definition) is 2. The number of nitrogens with zero attached hydrogens (tertiary/aromatic N) is 1. The van der Waals surface area contributed by atoms with Crippen LogP contribution in [0.15, 0.2) is 29.3 Å². The fourth-order valence-electron chi connectivity index (χ4n) is 1.48. The van der Waals surface area contributed by atoms with Gasteiger partial charge < -0.3 is 16.4 Å². The summed E-state index contributed by atoms with van der Waals surface area (Å²) in [5.74, 6) is 0.459. The molecule has 1 aromatic rings. The van der Waals surface area contributed by atoms with Crippen molar-refractivity contribution in [2.24, 2.45) is 16.6 Å². The van der Waals surface area contributed by atoms with Gasteiger partial charge in [0.1, 0.15) is 0 Å². The predicted octanol–water partition coefficient (Wildman–Crippen LogP) is 1.71. The summed E-state index contributed by atoms with van der Waals surface area (Å²) < 4.78 is 0. The monoisotopic (exact) mass is 262 g/mol. The first kappa shape index (κ1) is 15.0. The topological polar surface area (TPSA) is 79.5 Å². The second-order valence-electron chi connectivity index (χ2n) is 4.46. The third kappa shape index (κ3) is 4.99. The standard InChI is InChI=1S/C14H22N4O/c1-4-10(2)13(19)18-12-7-5-6-11(8-12)9-17-14(15)16-3/h5-8,10H,4,9H2,1-3H3,(H,18,19)(H3,15,16,17). The van der Waals surface area contributed by atoms with Gasteiger partial charge in [-0.15, -0.1) is 0 Å². The van der Waals surface area contributed by atoms with Crippen LogP contribution < -0.4 is 16.4 Å². The molecule has 1 amide bonds. The first-order valence-electron chi connectivity index (χ1n) is 6.42. The Morgan fingerprint density at radius 1 is 1.47 bits per heavy atom. The lowest BCUT2D eigenvalue weighted by Crippen LogP contribution is -2.30. The molecule has 1 atom stereocenters. The molecule has 0 spiro atoms. The lowest BCUT2D eigenvalue weighted by Gasteiger charge is -2.11. The molecular weight excluding hydrogens is 240 g/mol. The maximum Gasteiger partial charge on any atom is 0.227 e. The van der Waals surface area contributed by atoms with E-state index in [0.717, 1.165) is 17.7 Å². The molecule has 1 unspecified atom stereocenters. The van der Waals surface area contributed by atoms with E-state index in [9.17, 15) is 4.79 Å². The molecule has 0 bridgehead atoms. The van der Waals surface area contributed by atoms with E-state index < -0.39 is 0 Å². The van der Waals surface area contributed by atoms with Crippen molar-refractivity contribution in [3.05, 3.63) is 29.8 Å². The molecule has 0 radical (unpaired) electrons. The largest absolute Gasteiger partial charge is 0.370 e. The molecule has 4 N–H and O–H groups in total. The van der Waals surface area contributed by atoms with E-state index in [1.54, 1.807) is 7.05 Å². The summed E-state index contributed by atoms with van der Waals surface area (Å²) in [4.78, 5) is 15.6. The minimum atomic E-state index is 0.0182. The van der Waals surface area contributed by atoms with Crippen LogP contribution in [0.1, 0.15) is 25.8 Å². The van der Waals surface area contributed by atoms with Crippen LogP contribution in [0.25, 0.3) is 0 Å². The Bertz CT molecular complexity index is 457. The quantitative estimate of drug-likeness (QED) is 0.558. The molecule has 1 rings (SSSR count). The molecule has 0 heterocycles. The van der Waals surface area contributed by atoms with Crippen molar-refractivity contribution in [3.8, 4) is 0 Å². The third-order valence-electron chi connectivity index (χ3n) is 2.97. The van der Waals surface area contributed by atoms with Crippen LogP contribution >= 0.6 is 0 Å². The Labute approximate surface area is 114 Å². The Hall–Kier alpha value is -2.04. The molecule has 0 fully saturated rings. The maximum absolute atomic E-state index is 11.8. The maximum atomic E-state index is 11.8. The number of anilines is 1. The number of amides is 1. The Balaban J connectivity index is 2.64. The normalized spacial score (nSPS) is 12.9. The molecule has 0 saturated carbocycles. The summed E-state index contributed by atoms with van der Waals surface area (Å²) in [6.45, 7) is 4.49. The summed E-state index contributed by atoms with van der Waals surface area (Å²) in [5, 5.41) is 5.88. The summed E-state index contributed by atoms with van der Waals surface area (Å²) >= 11 is 0. The fraction of sp³-hybridized carbons (Fsp3) is 0.429. The average Bonchev–Trinajstić information content (AvgIpc) is 2.44. The van der Waals surface area contributed by atoms with Gasteiger partial charge in [0.25, 0.3) is 0 Å². The number of aliphatic imine (C=N–C) groups is 1. The van der Waals surface area contributed by atoms with Crippen LogP contribution in [0.5, 0.6) is 0 Å². The minimum Gasteiger partial charge on any atom is -0.370 e. The molecule has 0 aliphatic carbocycles. The van der Waals surface area contributed by atoms with Gasteiger partial charge in [0.05, 0.1) is 0 Å². The molecular formula is C14H22N4O. The van der Waals surface area contributed by atoms with E-state index in [0.29, 0.717) is 12.5 Å². The zero-order valence-corrected chi connectivity index (χ0v) is 11.7. The van der Waals surface area contributed by atoms with Crippen molar-refractivity contribution in [3.63, 3.8) is 0 Å². The van der Waals surface area contributed by atoms with Crippen molar-refractivity contribution in [1.82, 2.24) is 5.32 Å². The highest BCUT2D eigenvalue weighted by molar-refractivity contribution is 5.92. The highest BCUT2D eigenvalue weighted by Gasteiger charge is 2.10. The molecule has 19 heavy (non-hydrogen) atoms. The molecule has 0 aromatic heterocycles. The van der Waals surface area contributed by atoms with Crippen LogP contribution in [-0.4, -0.2) is 18.9 Å². The summed E-state index contributed by atoms with van der Waals surface area (Å²) in [7, 11) is 1.63. The van der Waals surface area contributed by atoms with Gasteiger partial charge in [-0.1, -0.05) is 26.0 Å². The zero-order chi connectivity index (χ0) is 14.3. The van der Waals surface area contributed by atoms with Crippen LogP contribution in [0.2, 0.25) is 0 Å². The SMILES string of the molecule is CCC(C)C(=O)Nc1cccc(CNC(N)=NC)c1. The molecule has 0 aliphatic rings. The van der Waals surface area contributed by atoms with Gasteiger partial charge in [-0.3, -0.25) is 9.79 Å². The molecule has 0 saturated heterocycles.